The van der Waals surface area contributed by atoms with Crippen LogP contribution in [0.25, 0.3) is 0 Å². The molecule has 0 fully saturated rings. The van der Waals surface area contributed by atoms with Crippen molar-refractivity contribution in [3.63, 3.8) is 0 Å². The first kappa shape index (κ1) is 15.7. The van der Waals surface area contributed by atoms with Gasteiger partial charge in [-0.15, -0.1) is 0 Å². The highest BCUT2D eigenvalue weighted by Gasteiger charge is 2.25. The zero-order chi connectivity index (χ0) is 15.3. The Labute approximate surface area is 115 Å². The second-order valence-corrected chi connectivity index (χ2v) is 3.69. The highest BCUT2D eigenvalue weighted by molar-refractivity contribution is 5.94. The van der Waals surface area contributed by atoms with Gasteiger partial charge >= 0.3 is 5.97 Å². The zero-order valence-corrected chi connectivity index (χ0v) is 11.5. The Bertz CT molecular complexity index is 515. The van der Waals surface area contributed by atoms with E-state index in [1.807, 2.05) is 0 Å². The topological polar surface area (TPSA) is 97.1 Å². The minimum atomic E-state index is -0.832. The molecule has 8 heteroatoms. The molecule has 1 rings (SSSR count). The Kier molecular flexibility index (Phi) is 5.27. The molecular formula is C12H15NO7. The predicted molar refractivity (Wildman–Crippen MR) is 68.1 cm³/mol. The third kappa shape index (κ3) is 3.35. The van der Waals surface area contributed by atoms with Gasteiger partial charge in [0.1, 0.15) is 5.56 Å². The molecule has 0 aliphatic carbocycles. The van der Waals surface area contributed by atoms with Gasteiger partial charge in [0, 0.05) is 13.2 Å². The van der Waals surface area contributed by atoms with Crippen molar-refractivity contribution in [1.29, 1.82) is 0 Å². The van der Waals surface area contributed by atoms with Gasteiger partial charge in [-0.2, -0.15) is 0 Å². The van der Waals surface area contributed by atoms with Crippen molar-refractivity contribution in [1.82, 2.24) is 0 Å². The van der Waals surface area contributed by atoms with E-state index in [1.165, 1.54) is 20.3 Å². The number of methoxy groups -OCH3 is 3. The van der Waals surface area contributed by atoms with E-state index in [2.05, 4.69) is 4.74 Å². The van der Waals surface area contributed by atoms with E-state index in [4.69, 9.17) is 14.2 Å². The lowest BCUT2D eigenvalue weighted by Gasteiger charge is -2.16. The number of nitro benzene ring substituents is 1. The Morgan fingerprint density at radius 2 is 1.90 bits per heavy atom. The molecule has 0 aromatic heterocycles. The quantitative estimate of drug-likeness (QED) is 0.340. The molecule has 1 atom stereocenters. The Morgan fingerprint density at radius 3 is 2.35 bits per heavy atom. The molecule has 0 amide bonds. The van der Waals surface area contributed by atoms with E-state index in [1.54, 1.807) is 6.92 Å². The molecule has 8 nitrogen and oxygen atoms in total. The molecule has 0 saturated carbocycles. The fourth-order valence-corrected chi connectivity index (χ4v) is 1.45. The average Bonchev–Trinajstić information content (AvgIpc) is 2.45. The van der Waals surface area contributed by atoms with Crippen LogP contribution in [0.4, 0.5) is 5.69 Å². The molecule has 0 heterocycles. The number of rotatable bonds is 6. The number of carbonyl (C=O) groups is 1. The van der Waals surface area contributed by atoms with Crippen LogP contribution in [-0.4, -0.2) is 38.5 Å². The van der Waals surface area contributed by atoms with Crippen LogP contribution in [0.1, 0.15) is 17.3 Å². The van der Waals surface area contributed by atoms with Crippen LogP contribution in [0, 0.1) is 10.1 Å². The molecule has 0 aliphatic heterocycles. The third-order valence-corrected chi connectivity index (χ3v) is 2.51. The maximum absolute atomic E-state index is 11.5. The number of nitrogens with zero attached hydrogens (tertiary/aromatic N) is 1. The number of nitro groups is 1. The summed E-state index contributed by atoms with van der Waals surface area (Å²) in [6.45, 7) is 1.61. The molecule has 1 aromatic carbocycles. The summed E-state index contributed by atoms with van der Waals surface area (Å²) in [6, 6.07) is 2.29. The molecule has 1 aromatic rings. The van der Waals surface area contributed by atoms with E-state index >= 15 is 0 Å². The number of benzene rings is 1. The molecule has 0 spiro atoms. The third-order valence-electron chi connectivity index (χ3n) is 2.51. The minimum absolute atomic E-state index is 0.0983. The number of carbonyl (C=O) groups excluding carboxylic acids is 1. The van der Waals surface area contributed by atoms with Crippen molar-refractivity contribution in [3.05, 3.63) is 27.8 Å². The van der Waals surface area contributed by atoms with Crippen molar-refractivity contribution in [3.8, 4) is 11.5 Å². The van der Waals surface area contributed by atoms with Gasteiger partial charge in [-0.3, -0.25) is 10.1 Å². The average molecular weight is 285 g/mol. The summed E-state index contributed by atoms with van der Waals surface area (Å²) in [4.78, 5) is 21.9. The Morgan fingerprint density at radius 1 is 1.25 bits per heavy atom. The standard InChI is InChI=1S/C12H15NO7/c1-7(17-2)20-11-6-9(13(15)16)8(12(14)19-4)5-10(11)18-3/h5-7H,1-4H3. The van der Waals surface area contributed by atoms with Gasteiger partial charge in [0.15, 0.2) is 17.8 Å². The molecule has 0 aliphatic rings. The van der Waals surface area contributed by atoms with Gasteiger partial charge in [-0.25, -0.2) is 4.79 Å². The number of hydrogen-bond donors (Lipinski definition) is 0. The van der Waals surface area contributed by atoms with Crippen LogP contribution < -0.4 is 9.47 Å². The van der Waals surface area contributed by atoms with Crippen molar-refractivity contribution in [2.24, 2.45) is 0 Å². The van der Waals surface area contributed by atoms with Crippen molar-refractivity contribution < 1.29 is 28.7 Å². The number of esters is 1. The van der Waals surface area contributed by atoms with Gasteiger partial charge in [0.05, 0.1) is 25.2 Å². The van der Waals surface area contributed by atoms with Crippen molar-refractivity contribution >= 4 is 11.7 Å². The first-order valence-corrected chi connectivity index (χ1v) is 5.58. The molecular weight excluding hydrogens is 270 g/mol. The van der Waals surface area contributed by atoms with Gasteiger partial charge in [-0.1, -0.05) is 0 Å². The van der Waals surface area contributed by atoms with E-state index < -0.39 is 22.9 Å². The fourth-order valence-electron chi connectivity index (χ4n) is 1.45. The summed E-state index contributed by atoms with van der Waals surface area (Å²) < 4.78 is 19.8. The zero-order valence-electron chi connectivity index (χ0n) is 11.5. The molecule has 1 unspecified atom stereocenters. The van der Waals surface area contributed by atoms with Crippen LogP contribution in [0.15, 0.2) is 12.1 Å². The molecule has 0 bridgehead atoms. The summed E-state index contributed by atoms with van der Waals surface area (Å²) >= 11 is 0. The smallest absolute Gasteiger partial charge is 0.345 e. The van der Waals surface area contributed by atoms with E-state index in [0.717, 1.165) is 13.2 Å². The normalized spacial score (nSPS) is 11.6. The lowest BCUT2D eigenvalue weighted by atomic mass is 10.1. The van der Waals surface area contributed by atoms with Crippen LogP contribution in [0.5, 0.6) is 11.5 Å². The SMILES string of the molecule is COC(=O)c1cc(OC)c(OC(C)OC)cc1[N+](=O)[O-]. The van der Waals surface area contributed by atoms with Crippen LogP contribution >= 0.6 is 0 Å². The lowest BCUT2D eigenvalue weighted by Crippen LogP contribution is -2.15. The van der Waals surface area contributed by atoms with Gasteiger partial charge in [-0.05, 0) is 6.92 Å². The van der Waals surface area contributed by atoms with Crippen molar-refractivity contribution in [2.75, 3.05) is 21.3 Å². The largest absolute Gasteiger partial charge is 0.493 e. The summed E-state index contributed by atoms with van der Waals surface area (Å²) in [5.41, 5.74) is -0.650. The molecule has 20 heavy (non-hydrogen) atoms. The number of hydrogen-bond acceptors (Lipinski definition) is 7. The molecule has 0 saturated heterocycles. The highest BCUT2D eigenvalue weighted by atomic mass is 16.7. The highest BCUT2D eigenvalue weighted by Crippen LogP contribution is 2.35. The fraction of sp³-hybridized carbons (Fsp3) is 0.417. The lowest BCUT2D eigenvalue weighted by molar-refractivity contribution is -0.385. The molecule has 0 N–H and O–H groups in total. The monoisotopic (exact) mass is 285 g/mol. The van der Waals surface area contributed by atoms with Gasteiger partial charge in [0.2, 0.25) is 0 Å². The van der Waals surface area contributed by atoms with Crippen LogP contribution in [0.3, 0.4) is 0 Å². The van der Waals surface area contributed by atoms with Crippen LogP contribution in [0.2, 0.25) is 0 Å². The van der Waals surface area contributed by atoms with E-state index in [0.29, 0.717) is 0 Å². The first-order chi connectivity index (χ1) is 9.44. The predicted octanol–water partition coefficient (Wildman–Crippen LogP) is 1.76. The first-order valence-electron chi connectivity index (χ1n) is 5.58. The summed E-state index contributed by atoms with van der Waals surface area (Å²) in [5, 5.41) is 11.0. The summed E-state index contributed by atoms with van der Waals surface area (Å²) in [5.74, 6) is -0.567. The molecule has 110 valence electrons. The Hall–Kier alpha value is -2.35. The maximum Gasteiger partial charge on any atom is 0.345 e. The summed E-state index contributed by atoms with van der Waals surface area (Å²) in [7, 11) is 3.91. The molecule has 0 radical (unpaired) electrons. The number of ether oxygens (including phenoxy) is 4. The van der Waals surface area contributed by atoms with E-state index in [9.17, 15) is 14.9 Å². The van der Waals surface area contributed by atoms with Crippen LogP contribution in [-0.2, 0) is 9.47 Å². The Balaban J connectivity index is 3.36. The minimum Gasteiger partial charge on any atom is -0.493 e. The van der Waals surface area contributed by atoms with Crippen molar-refractivity contribution in [2.45, 2.75) is 13.2 Å². The van der Waals surface area contributed by atoms with Gasteiger partial charge in [0.25, 0.3) is 5.69 Å². The maximum atomic E-state index is 11.5. The second-order valence-electron chi connectivity index (χ2n) is 3.69. The van der Waals surface area contributed by atoms with Gasteiger partial charge < -0.3 is 18.9 Å². The van der Waals surface area contributed by atoms with E-state index in [-0.39, 0.29) is 17.1 Å². The summed E-state index contributed by atoms with van der Waals surface area (Å²) in [6.07, 6.45) is -0.632. The second kappa shape index (κ2) is 6.71.